The monoisotopic (exact) mass is 345 g/mol. The third-order valence-corrected chi connectivity index (χ3v) is 4.34. The molecule has 5 nitrogen and oxygen atoms in total. The lowest BCUT2D eigenvalue weighted by Crippen LogP contribution is -2.39. The van der Waals surface area contributed by atoms with Gasteiger partial charge in [-0.2, -0.15) is 0 Å². The van der Waals surface area contributed by atoms with Crippen molar-refractivity contribution in [1.29, 1.82) is 0 Å². The highest BCUT2D eigenvalue weighted by Gasteiger charge is 2.39. The number of likely N-dealkylation sites (N-methyl/N-ethyl adjacent to an activating group) is 1. The lowest BCUT2D eigenvalue weighted by molar-refractivity contribution is -0.127. The number of benzene rings is 1. The molecule has 1 N–H and O–H groups in total. The zero-order valence-corrected chi connectivity index (χ0v) is 13.6. The van der Waals surface area contributed by atoms with E-state index < -0.39 is 23.6 Å². The molecule has 0 radical (unpaired) electrons. The van der Waals surface area contributed by atoms with Gasteiger partial charge in [-0.05, 0) is 17.7 Å². The first-order valence-corrected chi connectivity index (χ1v) is 7.85. The highest BCUT2D eigenvalue weighted by Crippen LogP contribution is 2.31. The number of pyridine rings is 1. The summed E-state index contributed by atoms with van der Waals surface area (Å²) in [6, 6.07) is 6.51. The minimum Gasteiger partial charge on any atom is -0.350 e. The van der Waals surface area contributed by atoms with E-state index in [1.54, 1.807) is 30.4 Å². The zero-order valence-electron chi connectivity index (χ0n) is 13.6. The number of nitrogens with zero attached hydrogens (tertiary/aromatic N) is 2. The largest absolute Gasteiger partial charge is 0.350 e. The number of rotatable bonds is 4. The molecule has 1 saturated heterocycles. The van der Waals surface area contributed by atoms with Crippen LogP contribution >= 0.6 is 0 Å². The fourth-order valence-corrected chi connectivity index (χ4v) is 3.12. The predicted molar refractivity (Wildman–Crippen MR) is 86.4 cm³/mol. The molecule has 3 rings (SSSR count). The standard InChI is InChI=1S/C18H17F2N3O2/c1-23-16(25)9-14(18(23)12-5-3-7-21-10-12)22-15(24)8-11-4-2-6-13(19)17(11)20/h2-7,10,14,18H,8-9H2,1H3,(H,22,24)/t14-,18+/m1/s1. The lowest BCUT2D eigenvalue weighted by atomic mass is 10.0. The van der Waals surface area contributed by atoms with E-state index in [0.29, 0.717) is 0 Å². The molecule has 1 fully saturated rings. The summed E-state index contributed by atoms with van der Waals surface area (Å²) in [7, 11) is 1.67. The highest BCUT2D eigenvalue weighted by atomic mass is 19.2. The summed E-state index contributed by atoms with van der Waals surface area (Å²) in [5.74, 6) is -2.59. The second-order valence-corrected chi connectivity index (χ2v) is 6.00. The van der Waals surface area contributed by atoms with Gasteiger partial charge in [-0.25, -0.2) is 8.78 Å². The predicted octanol–water partition coefficient (Wildman–Crippen LogP) is 1.99. The number of halogens is 2. The summed E-state index contributed by atoms with van der Waals surface area (Å²) in [5.41, 5.74) is 0.784. The van der Waals surface area contributed by atoms with E-state index in [-0.39, 0.29) is 30.4 Å². The Balaban J connectivity index is 1.75. The van der Waals surface area contributed by atoms with E-state index in [2.05, 4.69) is 10.3 Å². The van der Waals surface area contributed by atoms with E-state index in [9.17, 15) is 18.4 Å². The Bertz CT molecular complexity index is 798. The molecular formula is C18H17F2N3O2. The molecule has 2 heterocycles. The number of carbonyl (C=O) groups excluding carboxylic acids is 2. The first-order valence-electron chi connectivity index (χ1n) is 7.85. The summed E-state index contributed by atoms with van der Waals surface area (Å²) in [6.07, 6.45) is 3.12. The Kier molecular flexibility index (Phi) is 4.74. The topological polar surface area (TPSA) is 62.3 Å². The number of amides is 2. The normalized spacial score (nSPS) is 20.0. The van der Waals surface area contributed by atoms with Gasteiger partial charge >= 0.3 is 0 Å². The van der Waals surface area contributed by atoms with Gasteiger partial charge in [0, 0.05) is 31.4 Å². The molecule has 1 aromatic heterocycles. The molecule has 2 atom stereocenters. The Morgan fingerprint density at radius 2 is 2.12 bits per heavy atom. The molecule has 2 aromatic rings. The van der Waals surface area contributed by atoms with E-state index in [1.165, 1.54) is 12.1 Å². The highest BCUT2D eigenvalue weighted by molar-refractivity contribution is 5.83. The van der Waals surface area contributed by atoms with Gasteiger partial charge in [0.1, 0.15) is 0 Å². The van der Waals surface area contributed by atoms with Gasteiger partial charge in [0.2, 0.25) is 11.8 Å². The maximum absolute atomic E-state index is 13.7. The minimum atomic E-state index is -1.03. The third kappa shape index (κ3) is 3.50. The summed E-state index contributed by atoms with van der Waals surface area (Å²) >= 11 is 0. The summed E-state index contributed by atoms with van der Waals surface area (Å²) in [6.45, 7) is 0. The summed E-state index contributed by atoms with van der Waals surface area (Å²) in [4.78, 5) is 29.9. The molecule has 0 bridgehead atoms. The molecule has 0 aliphatic carbocycles. The van der Waals surface area contributed by atoms with Gasteiger partial charge in [-0.15, -0.1) is 0 Å². The van der Waals surface area contributed by atoms with Crippen LogP contribution < -0.4 is 5.32 Å². The van der Waals surface area contributed by atoms with Crippen molar-refractivity contribution >= 4 is 11.8 Å². The average Bonchev–Trinajstić information content (AvgIpc) is 2.86. The maximum atomic E-state index is 13.7. The molecule has 1 aliphatic heterocycles. The van der Waals surface area contributed by atoms with Gasteiger partial charge in [-0.1, -0.05) is 18.2 Å². The van der Waals surface area contributed by atoms with Crippen molar-refractivity contribution in [3.05, 3.63) is 65.5 Å². The first-order chi connectivity index (χ1) is 12.0. The van der Waals surface area contributed by atoms with E-state index in [0.717, 1.165) is 11.6 Å². The van der Waals surface area contributed by atoms with Crippen molar-refractivity contribution in [3.8, 4) is 0 Å². The van der Waals surface area contributed by atoms with Crippen LogP contribution in [0.2, 0.25) is 0 Å². The number of carbonyl (C=O) groups is 2. The van der Waals surface area contributed by atoms with Crippen LogP contribution in [0.15, 0.2) is 42.7 Å². The summed E-state index contributed by atoms with van der Waals surface area (Å²) in [5, 5.41) is 2.77. The number of hydrogen-bond acceptors (Lipinski definition) is 3. The molecule has 2 amide bonds. The Labute approximate surface area is 143 Å². The molecule has 1 aromatic carbocycles. The molecule has 25 heavy (non-hydrogen) atoms. The number of nitrogens with one attached hydrogen (secondary N) is 1. The van der Waals surface area contributed by atoms with Gasteiger partial charge in [0.15, 0.2) is 11.6 Å². The lowest BCUT2D eigenvalue weighted by Gasteiger charge is -2.25. The first kappa shape index (κ1) is 17.0. The second-order valence-electron chi connectivity index (χ2n) is 6.00. The quantitative estimate of drug-likeness (QED) is 0.922. The smallest absolute Gasteiger partial charge is 0.225 e. The fraction of sp³-hybridized carbons (Fsp3) is 0.278. The van der Waals surface area contributed by atoms with Crippen molar-refractivity contribution in [2.75, 3.05) is 7.05 Å². The van der Waals surface area contributed by atoms with Crippen LogP contribution in [-0.2, 0) is 16.0 Å². The Morgan fingerprint density at radius 1 is 1.32 bits per heavy atom. The van der Waals surface area contributed by atoms with E-state index in [1.807, 2.05) is 6.07 Å². The number of likely N-dealkylation sites (tertiary alicyclic amines) is 1. The van der Waals surface area contributed by atoms with Crippen LogP contribution in [0.5, 0.6) is 0 Å². The van der Waals surface area contributed by atoms with Crippen LogP contribution in [0.1, 0.15) is 23.6 Å². The summed E-state index contributed by atoms with van der Waals surface area (Å²) < 4.78 is 27.0. The molecular weight excluding hydrogens is 328 g/mol. The maximum Gasteiger partial charge on any atom is 0.225 e. The van der Waals surface area contributed by atoms with E-state index >= 15 is 0 Å². The number of aromatic nitrogens is 1. The van der Waals surface area contributed by atoms with Gasteiger partial charge in [0.25, 0.3) is 0 Å². The second kappa shape index (κ2) is 6.96. The molecule has 0 saturated carbocycles. The van der Waals surface area contributed by atoms with Gasteiger partial charge in [-0.3, -0.25) is 14.6 Å². The number of hydrogen-bond donors (Lipinski definition) is 1. The Morgan fingerprint density at radius 3 is 2.84 bits per heavy atom. The van der Waals surface area contributed by atoms with Crippen molar-refractivity contribution in [1.82, 2.24) is 15.2 Å². The van der Waals surface area contributed by atoms with Gasteiger partial charge in [0.05, 0.1) is 18.5 Å². The van der Waals surface area contributed by atoms with Crippen molar-refractivity contribution in [2.24, 2.45) is 0 Å². The molecule has 130 valence electrons. The SMILES string of the molecule is CN1C(=O)C[C@@H](NC(=O)Cc2cccc(F)c2F)[C@@H]1c1cccnc1. The van der Waals surface area contributed by atoms with Crippen molar-refractivity contribution in [2.45, 2.75) is 24.9 Å². The molecule has 0 unspecified atom stereocenters. The zero-order chi connectivity index (χ0) is 18.0. The average molecular weight is 345 g/mol. The molecule has 1 aliphatic rings. The Hall–Kier alpha value is -2.83. The van der Waals surface area contributed by atoms with Crippen LogP contribution in [-0.4, -0.2) is 34.8 Å². The van der Waals surface area contributed by atoms with E-state index in [4.69, 9.17) is 0 Å². The van der Waals surface area contributed by atoms with Crippen LogP contribution in [0.3, 0.4) is 0 Å². The van der Waals surface area contributed by atoms with Crippen LogP contribution in [0.4, 0.5) is 8.78 Å². The van der Waals surface area contributed by atoms with Crippen LogP contribution in [0, 0.1) is 11.6 Å². The third-order valence-electron chi connectivity index (χ3n) is 4.34. The molecule has 0 spiro atoms. The minimum absolute atomic E-state index is 0.0203. The van der Waals surface area contributed by atoms with Crippen molar-refractivity contribution < 1.29 is 18.4 Å². The van der Waals surface area contributed by atoms with Gasteiger partial charge < -0.3 is 10.2 Å². The molecule has 7 heteroatoms. The fourth-order valence-electron chi connectivity index (χ4n) is 3.12. The van der Waals surface area contributed by atoms with Crippen molar-refractivity contribution in [3.63, 3.8) is 0 Å². The van der Waals surface area contributed by atoms with Crippen LogP contribution in [0.25, 0.3) is 0 Å².